The van der Waals surface area contributed by atoms with Crippen LogP contribution < -0.4 is 5.73 Å². The van der Waals surface area contributed by atoms with Gasteiger partial charge < -0.3 is 5.73 Å². The highest BCUT2D eigenvalue weighted by Crippen LogP contribution is 2.28. The van der Waals surface area contributed by atoms with E-state index in [1.54, 1.807) is 4.68 Å². The lowest BCUT2D eigenvalue weighted by Gasteiger charge is -2.03. The van der Waals surface area contributed by atoms with Gasteiger partial charge in [-0.25, -0.2) is 9.97 Å². The smallest absolute Gasteiger partial charge is 0.253 e. The van der Waals surface area contributed by atoms with Gasteiger partial charge in [-0.05, 0) is 25.8 Å². The monoisotopic (exact) mass is 271 g/mol. The van der Waals surface area contributed by atoms with Crippen LogP contribution in [0.3, 0.4) is 0 Å². The van der Waals surface area contributed by atoms with Crippen LogP contribution in [0, 0.1) is 13.8 Å². The highest BCUT2D eigenvalue weighted by Gasteiger charge is 2.20. The summed E-state index contributed by atoms with van der Waals surface area (Å²) >= 11 is 0. The minimum absolute atomic E-state index is 0.240. The molecule has 3 N–H and O–H groups in total. The maximum Gasteiger partial charge on any atom is 0.253 e. The molecule has 7 heteroatoms. The fourth-order valence-electron chi connectivity index (χ4n) is 2.30. The van der Waals surface area contributed by atoms with Gasteiger partial charge in [0.2, 0.25) is 0 Å². The third-order valence-electron chi connectivity index (χ3n) is 3.15. The number of anilines is 1. The molecule has 0 aliphatic heterocycles. The fraction of sp³-hybridized carbons (Fsp3) is 0.385. The first-order chi connectivity index (χ1) is 9.47. The Balaban J connectivity index is 2.31. The number of hydrogen-bond acceptors (Lipinski definition) is 5. The Morgan fingerprint density at radius 3 is 2.45 bits per heavy atom. The molecule has 0 aliphatic rings. The number of H-pyrrole nitrogens is 1. The summed E-state index contributed by atoms with van der Waals surface area (Å²) in [5.74, 6) is 1.29. The van der Waals surface area contributed by atoms with Crippen molar-refractivity contribution in [3.63, 3.8) is 0 Å². The lowest BCUT2D eigenvalue weighted by molar-refractivity contribution is 0.741. The van der Waals surface area contributed by atoms with E-state index in [0.717, 1.165) is 22.5 Å². The molecule has 0 aromatic carbocycles. The molecular weight excluding hydrogens is 254 g/mol. The Morgan fingerprint density at radius 2 is 1.85 bits per heavy atom. The Morgan fingerprint density at radius 1 is 1.20 bits per heavy atom. The van der Waals surface area contributed by atoms with Gasteiger partial charge in [0.1, 0.15) is 5.82 Å². The number of hydrogen-bond donors (Lipinski definition) is 2. The molecule has 3 rings (SSSR count). The molecule has 3 heterocycles. The number of nitrogens with two attached hydrogens (primary N) is 1. The molecule has 3 aromatic heterocycles. The molecule has 0 saturated heterocycles. The van der Waals surface area contributed by atoms with Crippen LogP contribution in [0.5, 0.6) is 0 Å². The SMILES string of the molecule is Cc1cc(C)nc(-n2nc(C(C)C)c3c(N)[nH]nc32)n1. The highest BCUT2D eigenvalue weighted by molar-refractivity contribution is 5.90. The fourth-order valence-corrected chi connectivity index (χ4v) is 2.30. The van der Waals surface area contributed by atoms with Gasteiger partial charge in [0.15, 0.2) is 5.65 Å². The number of rotatable bonds is 2. The summed E-state index contributed by atoms with van der Waals surface area (Å²) in [5.41, 5.74) is 9.30. The van der Waals surface area contributed by atoms with Crippen molar-refractivity contribution in [2.24, 2.45) is 0 Å². The minimum atomic E-state index is 0.240. The van der Waals surface area contributed by atoms with E-state index >= 15 is 0 Å². The van der Waals surface area contributed by atoms with Crippen molar-refractivity contribution in [3.8, 4) is 5.95 Å². The van der Waals surface area contributed by atoms with Crippen molar-refractivity contribution in [1.82, 2.24) is 29.9 Å². The van der Waals surface area contributed by atoms with Crippen LogP contribution in [-0.4, -0.2) is 29.9 Å². The van der Waals surface area contributed by atoms with Crippen LogP contribution in [0.1, 0.15) is 36.8 Å². The molecule has 0 radical (unpaired) electrons. The predicted octanol–water partition coefficient (Wildman–Crippen LogP) is 1.86. The van der Waals surface area contributed by atoms with Crippen molar-refractivity contribution in [1.29, 1.82) is 0 Å². The van der Waals surface area contributed by atoms with Gasteiger partial charge in [0.05, 0.1) is 11.1 Å². The second-order valence-corrected chi connectivity index (χ2v) is 5.24. The predicted molar refractivity (Wildman–Crippen MR) is 76.8 cm³/mol. The number of nitrogens with zero attached hydrogens (tertiary/aromatic N) is 5. The van der Waals surface area contributed by atoms with Crippen molar-refractivity contribution in [3.05, 3.63) is 23.1 Å². The first kappa shape index (κ1) is 12.6. The molecule has 0 atom stereocenters. The van der Waals surface area contributed by atoms with Crippen molar-refractivity contribution >= 4 is 16.9 Å². The molecule has 0 saturated carbocycles. The summed E-state index contributed by atoms with van der Waals surface area (Å²) in [4.78, 5) is 8.86. The van der Waals surface area contributed by atoms with E-state index in [9.17, 15) is 0 Å². The molecule has 104 valence electrons. The standard InChI is InChI=1S/C13H17N7/c1-6(2)10-9-11(14)17-18-12(9)20(19-10)13-15-7(3)5-8(4)16-13/h5-6H,1-4H3,(H3,14,17,18). The summed E-state index contributed by atoms with van der Waals surface area (Å²) in [6, 6.07) is 1.92. The quantitative estimate of drug-likeness (QED) is 0.741. The maximum absolute atomic E-state index is 5.95. The first-order valence-corrected chi connectivity index (χ1v) is 6.52. The molecule has 0 amide bonds. The molecule has 0 fully saturated rings. The molecule has 0 aliphatic carbocycles. The van der Waals surface area contributed by atoms with Crippen LogP contribution in [-0.2, 0) is 0 Å². The molecule has 7 nitrogen and oxygen atoms in total. The summed E-state index contributed by atoms with van der Waals surface area (Å²) < 4.78 is 1.65. The van der Waals surface area contributed by atoms with Gasteiger partial charge in [0, 0.05) is 11.4 Å². The summed E-state index contributed by atoms with van der Waals surface area (Å²) in [5, 5.41) is 12.5. The third kappa shape index (κ3) is 1.82. The van der Waals surface area contributed by atoms with E-state index in [4.69, 9.17) is 5.73 Å². The normalized spacial score (nSPS) is 11.7. The molecule has 0 spiro atoms. The van der Waals surface area contributed by atoms with Gasteiger partial charge in [-0.3, -0.25) is 5.10 Å². The molecule has 3 aromatic rings. The lowest BCUT2D eigenvalue weighted by Crippen LogP contribution is -2.06. The number of aryl methyl sites for hydroxylation is 2. The van der Waals surface area contributed by atoms with E-state index in [2.05, 4.69) is 39.1 Å². The zero-order chi connectivity index (χ0) is 14.4. The largest absolute Gasteiger partial charge is 0.383 e. The Kier molecular flexibility index (Phi) is 2.70. The third-order valence-corrected chi connectivity index (χ3v) is 3.15. The highest BCUT2D eigenvalue weighted by atomic mass is 15.4. The Hall–Kier alpha value is -2.44. The average molecular weight is 271 g/mol. The lowest BCUT2D eigenvalue weighted by atomic mass is 10.1. The van der Waals surface area contributed by atoms with E-state index in [0.29, 0.717) is 17.4 Å². The van der Waals surface area contributed by atoms with Gasteiger partial charge in [-0.15, -0.1) is 0 Å². The van der Waals surface area contributed by atoms with Gasteiger partial charge in [0.25, 0.3) is 5.95 Å². The summed E-state index contributed by atoms with van der Waals surface area (Å²) in [6.45, 7) is 8.00. The summed E-state index contributed by atoms with van der Waals surface area (Å²) in [7, 11) is 0. The molecule has 0 bridgehead atoms. The number of nitrogens with one attached hydrogen (secondary N) is 1. The number of fused-ring (bicyclic) bond motifs is 1. The van der Waals surface area contributed by atoms with E-state index < -0.39 is 0 Å². The molecular formula is C13H17N7. The van der Waals surface area contributed by atoms with Gasteiger partial charge in [-0.1, -0.05) is 13.8 Å². The van der Waals surface area contributed by atoms with Crippen LogP contribution in [0.15, 0.2) is 6.07 Å². The number of aromatic amines is 1. The minimum Gasteiger partial charge on any atom is -0.383 e. The van der Waals surface area contributed by atoms with Crippen molar-refractivity contribution in [2.45, 2.75) is 33.6 Å². The van der Waals surface area contributed by atoms with Crippen LogP contribution in [0.4, 0.5) is 5.82 Å². The number of nitrogen functional groups attached to an aromatic ring is 1. The van der Waals surface area contributed by atoms with Crippen molar-refractivity contribution in [2.75, 3.05) is 5.73 Å². The second kappa shape index (κ2) is 4.29. The first-order valence-electron chi connectivity index (χ1n) is 6.52. The van der Waals surface area contributed by atoms with Crippen molar-refractivity contribution < 1.29 is 0 Å². The van der Waals surface area contributed by atoms with Gasteiger partial charge >= 0.3 is 0 Å². The van der Waals surface area contributed by atoms with E-state index in [1.807, 2.05) is 19.9 Å². The summed E-state index contributed by atoms with van der Waals surface area (Å²) in [6.07, 6.45) is 0. The van der Waals surface area contributed by atoms with Gasteiger partial charge in [-0.2, -0.15) is 14.9 Å². The van der Waals surface area contributed by atoms with Crippen LogP contribution in [0.25, 0.3) is 17.0 Å². The topological polar surface area (TPSA) is 98.3 Å². The second-order valence-electron chi connectivity index (χ2n) is 5.24. The molecule has 0 unspecified atom stereocenters. The van der Waals surface area contributed by atoms with Crippen LogP contribution in [0.2, 0.25) is 0 Å². The Labute approximate surface area is 116 Å². The number of aromatic nitrogens is 6. The zero-order valence-electron chi connectivity index (χ0n) is 12.0. The van der Waals surface area contributed by atoms with Crippen LogP contribution >= 0.6 is 0 Å². The Bertz CT molecular complexity index is 761. The maximum atomic E-state index is 5.95. The zero-order valence-corrected chi connectivity index (χ0v) is 12.0. The van der Waals surface area contributed by atoms with E-state index in [-0.39, 0.29) is 5.92 Å². The van der Waals surface area contributed by atoms with E-state index in [1.165, 1.54) is 0 Å². The molecule has 20 heavy (non-hydrogen) atoms. The average Bonchev–Trinajstić information content (AvgIpc) is 2.89.